The lowest BCUT2D eigenvalue weighted by Gasteiger charge is -2.14. The van der Waals surface area contributed by atoms with Gasteiger partial charge in [-0.25, -0.2) is 9.18 Å². The lowest BCUT2D eigenvalue weighted by atomic mass is 10.2. The summed E-state index contributed by atoms with van der Waals surface area (Å²) in [6.45, 7) is 1.44. The summed E-state index contributed by atoms with van der Waals surface area (Å²) < 4.78 is 17.9. The number of hydrogen-bond acceptors (Lipinski definition) is 3. The summed E-state index contributed by atoms with van der Waals surface area (Å²) in [5.41, 5.74) is 0.595. The number of nitrogens with one attached hydrogen (secondary N) is 1. The van der Waals surface area contributed by atoms with Crippen LogP contribution in [0.1, 0.15) is 17.3 Å². The molecular weight excluding hydrogens is 309 g/mol. The molecule has 6 heteroatoms. The predicted molar refractivity (Wildman–Crippen MR) is 81.4 cm³/mol. The first kappa shape index (κ1) is 16.0. The fourth-order valence-corrected chi connectivity index (χ4v) is 1.89. The molecule has 114 valence electrons. The molecule has 4 nitrogen and oxygen atoms in total. The second kappa shape index (κ2) is 7.04. The van der Waals surface area contributed by atoms with Gasteiger partial charge in [-0.1, -0.05) is 23.7 Å². The number of hydrogen-bond donors (Lipinski definition) is 1. The average molecular weight is 322 g/mol. The van der Waals surface area contributed by atoms with Crippen molar-refractivity contribution in [3.8, 4) is 0 Å². The summed E-state index contributed by atoms with van der Waals surface area (Å²) in [5, 5.41) is 2.77. The van der Waals surface area contributed by atoms with Gasteiger partial charge in [0.05, 0.1) is 10.6 Å². The molecule has 0 aromatic heterocycles. The van der Waals surface area contributed by atoms with Crippen LogP contribution in [0.4, 0.5) is 10.1 Å². The third kappa shape index (κ3) is 4.05. The molecule has 22 heavy (non-hydrogen) atoms. The lowest BCUT2D eigenvalue weighted by Crippen LogP contribution is -2.30. The molecule has 2 aromatic rings. The van der Waals surface area contributed by atoms with Crippen LogP contribution >= 0.6 is 11.6 Å². The third-order valence-corrected chi connectivity index (χ3v) is 3.19. The monoisotopic (exact) mass is 321 g/mol. The third-order valence-electron chi connectivity index (χ3n) is 2.86. The second-order valence-electron chi connectivity index (χ2n) is 4.52. The van der Waals surface area contributed by atoms with E-state index in [0.717, 1.165) is 0 Å². The van der Waals surface area contributed by atoms with Crippen LogP contribution in [-0.4, -0.2) is 18.0 Å². The van der Waals surface area contributed by atoms with E-state index in [1.165, 1.54) is 37.3 Å². The van der Waals surface area contributed by atoms with Crippen LogP contribution < -0.4 is 5.32 Å². The topological polar surface area (TPSA) is 55.4 Å². The smallest absolute Gasteiger partial charge is 0.340 e. The first-order valence-electron chi connectivity index (χ1n) is 6.49. The number of halogens is 2. The summed E-state index contributed by atoms with van der Waals surface area (Å²) >= 11 is 5.89. The van der Waals surface area contributed by atoms with Gasteiger partial charge in [0.1, 0.15) is 5.82 Å². The Balaban J connectivity index is 1.98. The zero-order valence-electron chi connectivity index (χ0n) is 11.7. The molecule has 1 atom stereocenters. The minimum absolute atomic E-state index is 0.186. The van der Waals surface area contributed by atoms with Gasteiger partial charge < -0.3 is 10.1 Å². The molecule has 0 fully saturated rings. The number of amides is 1. The summed E-state index contributed by atoms with van der Waals surface area (Å²) in [6.07, 6.45) is -1.02. The highest BCUT2D eigenvalue weighted by atomic mass is 35.5. The van der Waals surface area contributed by atoms with Crippen molar-refractivity contribution < 1.29 is 18.7 Å². The molecule has 0 aliphatic carbocycles. The van der Waals surface area contributed by atoms with Crippen molar-refractivity contribution in [2.75, 3.05) is 5.32 Å². The molecule has 0 aliphatic rings. The molecule has 0 aliphatic heterocycles. The van der Waals surface area contributed by atoms with E-state index in [1.807, 2.05) is 0 Å². The van der Waals surface area contributed by atoms with Gasteiger partial charge in [-0.15, -0.1) is 0 Å². The Labute approximate surface area is 131 Å². The van der Waals surface area contributed by atoms with Crippen molar-refractivity contribution in [3.63, 3.8) is 0 Å². The van der Waals surface area contributed by atoms with Crippen molar-refractivity contribution in [3.05, 3.63) is 64.9 Å². The van der Waals surface area contributed by atoms with E-state index >= 15 is 0 Å². The van der Waals surface area contributed by atoms with Gasteiger partial charge in [-0.05, 0) is 43.3 Å². The number of anilines is 1. The van der Waals surface area contributed by atoms with E-state index in [9.17, 15) is 14.0 Å². The van der Waals surface area contributed by atoms with Crippen LogP contribution in [-0.2, 0) is 9.53 Å². The molecule has 0 saturated heterocycles. The van der Waals surface area contributed by atoms with Gasteiger partial charge in [-0.3, -0.25) is 4.79 Å². The molecular formula is C16H13ClFNO3. The maximum absolute atomic E-state index is 12.8. The molecule has 1 amide bonds. The maximum Gasteiger partial charge on any atom is 0.340 e. The number of carbonyl (C=O) groups is 2. The van der Waals surface area contributed by atoms with Crippen LogP contribution in [0.15, 0.2) is 48.5 Å². The number of benzene rings is 2. The van der Waals surface area contributed by atoms with Crippen LogP contribution in [0.25, 0.3) is 0 Å². The van der Waals surface area contributed by atoms with Crippen LogP contribution in [0.2, 0.25) is 5.02 Å². The summed E-state index contributed by atoms with van der Waals surface area (Å²) in [7, 11) is 0. The van der Waals surface area contributed by atoms with Crippen LogP contribution in [0, 0.1) is 5.82 Å². The Morgan fingerprint density at radius 1 is 1.14 bits per heavy atom. The molecule has 1 N–H and O–H groups in total. The van der Waals surface area contributed by atoms with E-state index in [-0.39, 0.29) is 10.6 Å². The van der Waals surface area contributed by atoms with Crippen molar-refractivity contribution in [1.82, 2.24) is 0 Å². The molecule has 0 unspecified atom stereocenters. The molecule has 0 heterocycles. The van der Waals surface area contributed by atoms with E-state index in [1.54, 1.807) is 18.2 Å². The fourth-order valence-electron chi connectivity index (χ4n) is 1.68. The van der Waals surface area contributed by atoms with E-state index < -0.39 is 23.8 Å². The first-order valence-corrected chi connectivity index (χ1v) is 6.87. The van der Waals surface area contributed by atoms with Crippen LogP contribution in [0.5, 0.6) is 0 Å². The Kier molecular flexibility index (Phi) is 5.12. The average Bonchev–Trinajstić information content (AvgIpc) is 2.49. The second-order valence-corrected chi connectivity index (χ2v) is 4.93. The van der Waals surface area contributed by atoms with E-state index in [2.05, 4.69) is 5.32 Å². The van der Waals surface area contributed by atoms with E-state index in [0.29, 0.717) is 5.69 Å². The normalized spacial score (nSPS) is 11.6. The highest BCUT2D eigenvalue weighted by Gasteiger charge is 2.20. The largest absolute Gasteiger partial charge is 0.449 e. The zero-order chi connectivity index (χ0) is 16.1. The Hall–Kier alpha value is -2.40. The van der Waals surface area contributed by atoms with Gasteiger partial charge in [0.2, 0.25) is 0 Å². The predicted octanol–water partition coefficient (Wildman–Crippen LogP) is 3.66. The minimum atomic E-state index is -1.02. The Morgan fingerprint density at radius 3 is 2.41 bits per heavy atom. The van der Waals surface area contributed by atoms with Crippen molar-refractivity contribution in [2.45, 2.75) is 13.0 Å². The van der Waals surface area contributed by atoms with Gasteiger partial charge >= 0.3 is 5.97 Å². The van der Waals surface area contributed by atoms with Crippen LogP contribution in [0.3, 0.4) is 0 Å². The summed E-state index contributed by atoms with van der Waals surface area (Å²) in [6, 6.07) is 11.7. The lowest BCUT2D eigenvalue weighted by molar-refractivity contribution is -0.123. The van der Waals surface area contributed by atoms with Gasteiger partial charge in [0.25, 0.3) is 5.91 Å². The maximum atomic E-state index is 12.8. The molecule has 0 saturated carbocycles. The molecule has 0 spiro atoms. The van der Waals surface area contributed by atoms with Gasteiger partial charge in [0, 0.05) is 5.69 Å². The number of carbonyl (C=O) groups excluding carboxylic acids is 2. The number of esters is 1. The van der Waals surface area contributed by atoms with Gasteiger partial charge in [-0.2, -0.15) is 0 Å². The summed E-state index contributed by atoms with van der Waals surface area (Å²) in [4.78, 5) is 23.9. The van der Waals surface area contributed by atoms with E-state index in [4.69, 9.17) is 16.3 Å². The fraction of sp³-hybridized carbons (Fsp3) is 0.125. The SMILES string of the molecule is C[C@@H](OC(=O)c1ccccc1Cl)C(=O)Nc1ccc(F)cc1. The zero-order valence-corrected chi connectivity index (χ0v) is 12.4. The number of ether oxygens (including phenoxy) is 1. The Morgan fingerprint density at radius 2 is 1.77 bits per heavy atom. The highest BCUT2D eigenvalue weighted by Crippen LogP contribution is 2.17. The van der Waals surface area contributed by atoms with Crippen molar-refractivity contribution in [2.24, 2.45) is 0 Å². The quantitative estimate of drug-likeness (QED) is 0.874. The molecule has 2 rings (SSSR count). The number of rotatable bonds is 4. The first-order chi connectivity index (χ1) is 10.5. The van der Waals surface area contributed by atoms with Crippen molar-refractivity contribution in [1.29, 1.82) is 0 Å². The highest BCUT2D eigenvalue weighted by molar-refractivity contribution is 6.33. The minimum Gasteiger partial charge on any atom is -0.449 e. The van der Waals surface area contributed by atoms with Gasteiger partial charge in [0.15, 0.2) is 6.10 Å². The van der Waals surface area contributed by atoms with Crippen molar-refractivity contribution >= 4 is 29.2 Å². The standard InChI is InChI=1S/C16H13ClFNO3/c1-10(15(20)19-12-8-6-11(18)7-9-12)22-16(21)13-4-2-3-5-14(13)17/h2-10H,1H3,(H,19,20)/t10-/m1/s1. The summed E-state index contributed by atoms with van der Waals surface area (Å²) in [5.74, 6) is -1.62. The molecule has 0 radical (unpaired) electrons. The Bertz CT molecular complexity index is 688. The molecule has 0 bridgehead atoms. The molecule has 2 aromatic carbocycles.